The molecule has 2 aromatic rings. The van der Waals surface area contributed by atoms with Crippen molar-refractivity contribution in [1.82, 2.24) is 0 Å². The fraction of sp³-hybridized carbons (Fsp3) is 0. The van der Waals surface area contributed by atoms with Gasteiger partial charge < -0.3 is 19.7 Å². The lowest BCUT2D eigenvalue weighted by molar-refractivity contribution is -0.121. The molecule has 2 aromatic carbocycles. The van der Waals surface area contributed by atoms with Crippen LogP contribution >= 0.6 is 0 Å². The molecule has 132 valence electrons. The third-order valence-corrected chi connectivity index (χ3v) is 2.93. The molecule has 0 heterocycles. The summed E-state index contributed by atoms with van der Waals surface area (Å²) < 4.78 is 9.22. The molecule has 2 N–H and O–H groups in total. The van der Waals surface area contributed by atoms with E-state index in [1.807, 2.05) is 0 Å². The summed E-state index contributed by atoms with van der Waals surface area (Å²) in [5, 5.41) is 25.7. The first-order chi connectivity index (χ1) is 12.4. The number of azo groups is 1. The van der Waals surface area contributed by atoms with Gasteiger partial charge in [0.15, 0.2) is 0 Å². The number of hydrogen-bond acceptors (Lipinski definition) is 8. The average Bonchev–Trinajstić information content (AvgIpc) is 2.60. The molecule has 2 rings (SSSR count). The van der Waals surface area contributed by atoms with E-state index in [0.717, 1.165) is 12.1 Å². The molecule has 0 spiro atoms. The van der Waals surface area contributed by atoms with Crippen molar-refractivity contribution in [1.29, 1.82) is 0 Å². The molecule has 0 aliphatic carbocycles. The number of ether oxygens (including phenoxy) is 2. The smallest absolute Gasteiger partial charge is 0.335 e. The van der Waals surface area contributed by atoms with Crippen LogP contribution in [-0.2, 0) is 9.59 Å². The molecule has 0 aliphatic heterocycles. The highest BCUT2D eigenvalue weighted by atomic mass is 16.5. The van der Waals surface area contributed by atoms with Crippen LogP contribution in [0.1, 0.15) is 20.7 Å². The lowest BCUT2D eigenvalue weighted by Crippen LogP contribution is -1.98. The van der Waals surface area contributed by atoms with Gasteiger partial charge in [0.2, 0.25) is 0 Å². The Morgan fingerprint density at radius 3 is 1.42 bits per heavy atom. The lowest BCUT2D eigenvalue weighted by Gasteiger charge is -2.03. The molecule has 0 bridgehead atoms. The molecule has 0 amide bonds. The van der Waals surface area contributed by atoms with Crippen LogP contribution in [0.5, 0.6) is 11.5 Å². The molecule has 10 heteroatoms. The van der Waals surface area contributed by atoms with Crippen molar-refractivity contribution in [3.63, 3.8) is 0 Å². The van der Waals surface area contributed by atoms with Crippen molar-refractivity contribution in [3.8, 4) is 11.5 Å². The van der Waals surface area contributed by atoms with Crippen LogP contribution in [0.15, 0.2) is 46.6 Å². The Morgan fingerprint density at radius 1 is 0.731 bits per heavy atom. The fourth-order valence-electron chi connectivity index (χ4n) is 1.89. The van der Waals surface area contributed by atoms with Crippen LogP contribution in [0.4, 0.5) is 11.4 Å². The van der Waals surface area contributed by atoms with Gasteiger partial charge >= 0.3 is 11.9 Å². The van der Waals surface area contributed by atoms with E-state index in [0.29, 0.717) is 0 Å². The van der Waals surface area contributed by atoms with Gasteiger partial charge in [-0.05, 0) is 24.3 Å². The minimum absolute atomic E-state index is 0.0420. The first-order valence-electron chi connectivity index (χ1n) is 6.82. The molecule has 0 aliphatic rings. The number of carboxylic acids is 2. The topological polar surface area (TPSA) is 152 Å². The fourth-order valence-corrected chi connectivity index (χ4v) is 1.89. The van der Waals surface area contributed by atoms with Crippen molar-refractivity contribution in [3.05, 3.63) is 47.5 Å². The third kappa shape index (κ3) is 4.71. The molecule has 0 fully saturated rings. The van der Waals surface area contributed by atoms with Gasteiger partial charge in [-0.1, -0.05) is 0 Å². The Labute approximate surface area is 145 Å². The number of carbonyl (C=O) groups is 4. The number of benzene rings is 2. The molecule has 0 atom stereocenters. The first-order valence-corrected chi connectivity index (χ1v) is 6.82. The zero-order chi connectivity index (χ0) is 19.1. The van der Waals surface area contributed by atoms with Gasteiger partial charge in [-0.25, -0.2) is 9.59 Å². The average molecular weight is 358 g/mol. The zero-order valence-electron chi connectivity index (χ0n) is 12.9. The largest absolute Gasteiger partial charge is 0.478 e. The Bertz CT molecular complexity index is 834. The highest BCUT2D eigenvalue weighted by molar-refractivity contribution is 5.90. The quantitative estimate of drug-likeness (QED) is 0.539. The van der Waals surface area contributed by atoms with Crippen molar-refractivity contribution in [2.75, 3.05) is 0 Å². The number of aromatic carboxylic acids is 2. The summed E-state index contributed by atoms with van der Waals surface area (Å²) in [4.78, 5) is 43.0. The van der Waals surface area contributed by atoms with E-state index in [4.69, 9.17) is 10.2 Å². The summed E-state index contributed by atoms with van der Waals surface area (Å²) in [6.45, 7) is 0.253. The molecule has 10 nitrogen and oxygen atoms in total. The van der Waals surface area contributed by atoms with E-state index >= 15 is 0 Å². The number of carboxylic acid groups (broad SMARTS) is 2. The van der Waals surface area contributed by atoms with Gasteiger partial charge in [0.1, 0.15) is 11.5 Å². The van der Waals surface area contributed by atoms with Gasteiger partial charge in [0, 0.05) is 12.1 Å². The monoisotopic (exact) mass is 358 g/mol. The molecule has 0 aromatic heterocycles. The van der Waals surface area contributed by atoms with Crippen LogP contribution in [0.25, 0.3) is 0 Å². The number of nitrogens with zero attached hydrogens (tertiary/aromatic N) is 2. The predicted molar refractivity (Wildman–Crippen MR) is 84.4 cm³/mol. The summed E-state index contributed by atoms with van der Waals surface area (Å²) in [6.07, 6.45) is 0. The number of carbonyl (C=O) groups excluding carboxylic acids is 2. The van der Waals surface area contributed by atoms with E-state index < -0.39 is 11.9 Å². The molecular formula is C16H10N2O8. The van der Waals surface area contributed by atoms with Gasteiger partial charge in [0.25, 0.3) is 12.9 Å². The van der Waals surface area contributed by atoms with E-state index in [1.54, 1.807) is 0 Å². The van der Waals surface area contributed by atoms with Crippen LogP contribution < -0.4 is 9.47 Å². The van der Waals surface area contributed by atoms with E-state index in [-0.39, 0.29) is 46.9 Å². The molecule has 26 heavy (non-hydrogen) atoms. The van der Waals surface area contributed by atoms with Crippen LogP contribution in [0, 0.1) is 0 Å². The highest BCUT2D eigenvalue weighted by Gasteiger charge is 2.10. The van der Waals surface area contributed by atoms with Crippen molar-refractivity contribution in [2.24, 2.45) is 10.2 Å². The zero-order valence-corrected chi connectivity index (χ0v) is 12.9. The van der Waals surface area contributed by atoms with Gasteiger partial charge in [-0.15, -0.1) is 0 Å². The minimum atomic E-state index is -1.27. The number of rotatable bonds is 8. The summed E-state index contributed by atoms with van der Waals surface area (Å²) in [5.74, 6) is -2.66. The number of hydrogen-bond donors (Lipinski definition) is 2. The standard InChI is InChI=1S/C16H10N2O8/c19-7-25-13-3-9(15(21)22)1-11(5-13)17-18-12-2-10(16(23)24)4-14(6-12)26-8-20/h1-8H,(H,21,22)(H,23,24). The van der Waals surface area contributed by atoms with Crippen LogP contribution in [0.2, 0.25) is 0 Å². The van der Waals surface area contributed by atoms with Gasteiger partial charge in [-0.3, -0.25) is 9.59 Å². The first kappa shape index (κ1) is 18.3. The molecular weight excluding hydrogens is 348 g/mol. The summed E-state index contributed by atoms with van der Waals surface area (Å²) in [7, 11) is 0. The summed E-state index contributed by atoms with van der Waals surface area (Å²) >= 11 is 0. The minimum Gasteiger partial charge on any atom is -0.478 e. The SMILES string of the molecule is O=COc1cc(N=Nc2cc(OC=O)cc(C(=O)O)c2)cc(C(=O)O)c1. The predicted octanol–water partition coefficient (Wildman–Crippen LogP) is 2.57. The van der Waals surface area contributed by atoms with Gasteiger partial charge in [0.05, 0.1) is 22.5 Å². The van der Waals surface area contributed by atoms with Gasteiger partial charge in [-0.2, -0.15) is 10.2 Å². The lowest BCUT2D eigenvalue weighted by atomic mass is 10.2. The molecule has 0 saturated carbocycles. The summed E-state index contributed by atoms with van der Waals surface area (Å²) in [6, 6.07) is 7.11. The third-order valence-electron chi connectivity index (χ3n) is 2.93. The Hall–Kier alpha value is -4.08. The van der Waals surface area contributed by atoms with Crippen LogP contribution in [-0.4, -0.2) is 35.1 Å². The second-order valence-corrected chi connectivity index (χ2v) is 4.67. The Morgan fingerprint density at radius 2 is 1.12 bits per heavy atom. The van der Waals surface area contributed by atoms with E-state index in [2.05, 4.69) is 19.7 Å². The second-order valence-electron chi connectivity index (χ2n) is 4.67. The van der Waals surface area contributed by atoms with Crippen LogP contribution in [0.3, 0.4) is 0 Å². The van der Waals surface area contributed by atoms with Crippen molar-refractivity contribution < 1.29 is 38.9 Å². The normalized spacial score (nSPS) is 10.3. The second kappa shape index (κ2) is 8.15. The highest BCUT2D eigenvalue weighted by Crippen LogP contribution is 2.28. The maximum absolute atomic E-state index is 11.1. The Balaban J connectivity index is 2.42. The van der Waals surface area contributed by atoms with Crippen molar-refractivity contribution >= 4 is 36.3 Å². The maximum Gasteiger partial charge on any atom is 0.335 e. The molecule has 0 unspecified atom stereocenters. The molecule has 0 radical (unpaired) electrons. The maximum atomic E-state index is 11.1. The molecule has 0 saturated heterocycles. The Kier molecular flexibility index (Phi) is 5.72. The van der Waals surface area contributed by atoms with E-state index in [1.165, 1.54) is 24.3 Å². The van der Waals surface area contributed by atoms with Crippen molar-refractivity contribution in [2.45, 2.75) is 0 Å². The van der Waals surface area contributed by atoms with E-state index in [9.17, 15) is 19.2 Å². The summed E-state index contributed by atoms with van der Waals surface area (Å²) in [5.41, 5.74) is -0.300.